The van der Waals surface area contributed by atoms with Gasteiger partial charge in [-0.15, -0.1) is 0 Å². The largest absolute Gasteiger partial charge is 0.454 e. The molecule has 0 aliphatic carbocycles. The van der Waals surface area contributed by atoms with Crippen LogP contribution in [-0.4, -0.2) is 6.79 Å². The Labute approximate surface area is 101 Å². The fourth-order valence-corrected chi connectivity index (χ4v) is 2.12. The molecule has 0 radical (unpaired) electrons. The molecule has 0 N–H and O–H groups in total. The van der Waals surface area contributed by atoms with Crippen LogP contribution in [0.4, 0.5) is 0 Å². The molecule has 0 fully saturated rings. The molecule has 1 atom stereocenters. The van der Waals surface area contributed by atoms with Crippen LogP contribution in [0.25, 0.3) is 0 Å². The quantitative estimate of drug-likeness (QED) is 0.779. The first-order valence-corrected chi connectivity index (χ1v) is 5.79. The van der Waals surface area contributed by atoms with E-state index in [4.69, 9.17) is 9.47 Å². The monoisotopic (exact) mass is 226 g/mol. The summed E-state index contributed by atoms with van der Waals surface area (Å²) in [5.74, 6) is 2.06. The third-order valence-corrected chi connectivity index (χ3v) is 3.20. The van der Waals surface area contributed by atoms with Crippen LogP contribution in [-0.2, 0) is 0 Å². The van der Waals surface area contributed by atoms with E-state index in [0.29, 0.717) is 12.7 Å². The van der Waals surface area contributed by atoms with Crippen molar-refractivity contribution in [2.45, 2.75) is 12.8 Å². The molecule has 86 valence electrons. The van der Waals surface area contributed by atoms with Crippen molar-refractivity contribution in [3.8, 4) is 11.5 Å². The van der Waals surface area contributed by atoms with Crippen LogP contribution in [0, 0.1) is 0 Å². The summed E-state index contributed by atoms with van der Waals surface area (Å²) in [6.45, 7) is 2.53. The maximum Gasteiger partial charge on any atom is 0.231 e. The third kappa shape index (κ3) is 1.86. The van der Waals surface area contributed by atoms with Gasteiger partial charge >= 0.3 is 0 Å². The Morgan fingerprint density at radius 1 is 0.882 bits per heavy atom. The lowest BCUT2D eigenvalue weighted by Crippen LogP contribution is -1.95. The third-order valence-electron chi connectivity index (χ3n) is 3.20. The minimum absolute atomic E-state index is 0.332. The van der Waals surface area contributed by atoms with Crippen LogP contribution in [0.2, 0.25) is 0 Å². The summed E-state index contributed by atoms with van der Waals surface area (Å²) in [7, 11) is 0. The molecule has 0 bridgehead atoms. The first kappa shape index (κ1) is 10.2. The highest BCUT2D eigenvalue weighted by Gasteiger charge is 2.16. The molecule has 0 saturated heterocycles. The summed E-state index contributed by atoms with van der Waals surface area (Å²) in [5, 5.41) is 0. The molecule has 1 aliphatic rings. The molecule has 0 aromatic heterocycles. The molecule has 0 spiro atoms. The Morgan fingerprint density at radius 2 is 1.65 bits per heavy atom. The van der Waals surface area contributed by atoms with Crippen molar-refractivity contribution < 1.29 is 9.47 Å². The first-order chi connectivity index (χ1) is 8.34. The average molecular weight is 226 g/mol. The van der Waals surface area contributed by atoms with E-state index in [1.165, 1.54) is 11.1 Å². The van der Waals surface area contributed by atoms with Crippen molar-refractivity contribution in [2.75, 3.05) is 6.79 Å². The van der Waals surface area contributed by atoms with Crippen LogP contribution in [0.1, 0.15) is 24.0 Å². The molecule has 1 unspecified atom stereocenters. The molecule has 3 rings (SSSR count). The molecule has 2 nitrogen and oxygen atoms in total. The number of fused-ring (bicyclic) bond motifs is 1. The fourth-order valence-electron chi connectivity index (χ4n) is 2.12. The van der Waals surface area contributed by atoms with Crippen molar-refractivity contribution in [3.63, 3.8) is 0 Å². The molecule has 2 aromatic rings. The summed E-state index contributed by atoms with van der Waals surface area (Å²) in [5.41, 5.74) is 2.56. The van der Waals surface area contributed by atoms with Gasteiger partial charge in [-0.05, 0) is 23.3 Å². The highest BCUT2D eigenvalue weighted by atomic mass is 16.7. The summed E-state index contributed by atoms with van der Waals surface area (Å²) >= 11 is 0. The van der Waals surface area contributed by atoms with E-state index in [9.17, 15) is 0 Å². The minimum atomic E-state index is 0.332. The summed E-state index contributed by atoms with van der Waals surface area (Å²) in [6.07, 6.45) is 0. The molecule has 0 saturated carbocycles. The lowest BCUT2D eigenvalue weighted by Gasteiger charge is -2.12. The number of hydrogen-bond acceptors (Lipinski definition) is 2. The maximum absolute atomic E-state index is 5.40. The zero-order chi connectivity index (χ0) is 11.7. The zero-order valence-corrected chi connectivity index (χ0v) is 9.72. The molecule has 0 amide bonds. The Bertz CT molecular complexity index is 520. The van der Waals surface area contributed by atoms with Gasteiger partial charge in [0.1, 0.15) is 0 Å². The lowest BCUT2D eigenvalue weighted by atomic mass is 9.93. The van der Waals surface area contributed by atoms with E-state index in [0.717, 1.165) is 11.5 Å². The predicted octanol–water partition coefficient (Wildman–Crippen LogP) is 3.57. The molecule has 1 aliphatic heterocycles. The average Bonchev–Trinajstić information content (AvgIpc) is 2.86. The summed E-state index contributed by atoms with van der Waals surface area (Å²) in [4.78, 5) is 0. The first-order valence-electron chi connectivity index (χ1n) is 5.79. The van der Waals surface area contributed by atoms with Gasteiger partial charge in [-0.2, -0.15) is 0 Å². The van der Waals surface area contributed by atoms with Gasteiger partial charge in [0.05, 0.1) is 0 Å². The summed E-state index contributed by atoms with van der Waals surface area (Å²) in [6, 6.07) is 16.6. The van der Waals surface area contributed by atoms with Crippen molar-refractivity contribution in [2.24, 2.45) is 0 Å². The van der Waals surface area contributed by atoms with Crippen LogP contribution in [0.3, 0.4) is 0 Å². The van der Waals surface area contributed by atoms with Crippen LogP contribution in [0.15, 0.2) is 48.5 Å². The Kier molecular flexibility index (Phi) is 2.48. The van der Waals surface area contributed by atoms with E-state index in [2.05, 4.69) is 43.3 Å². The predicted molar refractivity (Wildman–Crippen MR) is 66.5 cm³/mol. The Hall–Kier alpha value is -1.96. The van der Waals surface area contributed by atoms with E-state index >= 15 is 0 Å². The second-order valence-corrected chi connectivity index (χ2v) is 4.25. The van der Waals surface area contributed by atoms with Gasteiger partial charge in [0.2, 0.25) is 6.79 Å². The number of ether oxygens (including phenoxy) is 2. The molecule has 17 heavy (non-hydrogen) atoms. The van der Waals surface area contributed by atoms with Crippen molar-refractivity contribution in [1.29, 1.82) is 0 Å². The van der Waals surface area contributed by atoms with E-state index in [1.807, 2.05) is 12.1 Å². The van der Waals surface area contributed by atoms with E-state index < -0.39 is 0 Å². The van der Waals surface area contributed by atoms with Crippen molar-refractivity contribution >= 4 is 0 Å². The standard InChI is InChI=1S/C15H14O2/c1-11(12-5-3-2-4-6-12)13-7-8-14-15(9-13)17-10-16-14/h2-9,11H,10H2,1H3. The summed E-state index contributed by atoms with van der Waals surface area (Å²) < 4.78 is 10.7. The van der Waals surface area contributed by atoms with Gasteiger partial charge in [0.15, 0.2) is 11.5 Å². The molecule has 2 heteroatoms. The Morgan fingerprint density at radius 3 is 2.47 bits per heavy atom. The van der Waals surface area contributed by atoms with Gasteiger partial charge < -0.3 is 9.47 Å². The highest BCUT2D eigenvalue weighted by molar-refractivity contribution is 5.47. The van der Waals surface area contributed by atoms with Crippen LogP contribution >= 0.6 is 0 Å². The second kappa shape index (κ2) is 4.13. The number of hydrogen-bond donors (Lipinski definition) is 0. The van der Waals surface area contributed by atoms with Crippen LogP contribution in [0.5, 0.6) is 11.5 Å². The van der Waals surface area contributed by atoms with Gasteiger partial charge in [-0.1, -0.05) is 43.3 Å². The fraction of sp³-hybridized carbons (Fsp3) is 0.200. The lowest BCUT2D eigenvalue weighted by molar-refractivity contribution is 0.174. The van der Waals surface area contributed by atoms with Gasteiger partial charge in [-0.3, -0.25) is 0 Å². The van der Waals surface area contributed by atoms with Crippen LogP contribution < -0.4 is 9.47 Å². The van der Waals surface area contributed by atoms with Crippen molar-refractivity contribution in [3.05, 3.63) is 59.7 Å². The van der Waals surface area contributed by atoms with E-state index in [1.54, 1.807) is 0 Å². The zero-order valence-electron chi connectivity index (χ0n) is 9.72. The number of benzene rings is 2. The van der Waals surface area contributed by atoms with E-state index in [-0.39, 0.29) is 0 Å². The van der Waals surface area contributed by atoms with Gasteiger partial charge in [-0.25, -0.2) is 0 Å². The molecular formula is C15H14O2. The highest BCUT2D eigenvalue weighted by Crippen LogP contribution is 2.36. The Balaban J connectivity index is 1.94. The second-order valence-electron chi connectivity index (χ2n) is 4.25. The SMILES string of the molecule is CC(c1ccccc1)c1ccc2c(c1)OCO2. The number of rotatable bonds is 2. The topological polar surface area (TPSA) is 18.5 Å². The normalized spacial score (nSPS) is 14.6. The van der Waals surface area contributed by atoms with Crippen molar-refractivity contribution in [1.82, 2.24) is 0 Å². The molecular weight excluding hydrogens is 212 g/mol. The molecule has 1 heterocycles. The molecule has 2 aromatic carbocycles. The minimum Gasteiger partial charge on any atom is -0.454 e. The van der Waals surface area contributed by atoms with Gasteiger partial charge in [0, 0.05) is 5.92 Å². The smallest absolute Gasteiger partial charge is 0.231 e. The maximum atomic E-state index is 5.40. The van der Waals surface area contributed by atoms with Gasteiger partial charge in [0.25, 0.3) is 0 Å².